The van der Waals surface area contributed by atoms with Gasteiger partial charge in [-0.05, 0) is 23.3 Å². The molecule has 1 unspecified atom stereocenters. The zero-order chi connectivity index (χ0) is 19.9. The van der Waals surface area contributed by atoms with E-state index in [1.54, 1.807) is 7.11 Å². The van der Waals surface area contributed by atoms with Crippen molar-refractivity contribution in [1.29, 1.82) is 0 Å². The first-order chi connectivity index (χ1) is 13.6. The van der Waals surface area contributed by atoms with Crippen LogP contribution in [0.3, 0.4) is 0 Å². The summed E-state index contributed by atoms with van der Waals surface area (Å²) in [7, 11) is 1.70. The molecule has 2 atom stereocenters. The summed E-state index contributed by atoms with van der Waals surface area (Å²) in [6.07, 6.45) is 7.01. The monoisotopic (exact) mass is 373 g/mol. The average Bonchev–Trinajstić information content (AvgIpc) is 2.90. The van der Waals surface area contributed by atoms with Gasteiger partial charge in [-0.1, -0.05) is 44.2 Å². The van der Waals surface area contributed by atoms with Crippen LogP contribution in [0.25, 0.3) is 0 Å². The minimum Gasteiger partial charge on any atom is -0.497 e. The highest BCUT2D eigenvalue weighted by Crippen LogP contribution is 2.52. The van der Waals surface area contributed by atoms with Crippen molar-refractivity contribution in [3.63, 3.8) is 0 Å². The van der Waals surface area contributed by atoms with Crippen molar-refractivity contribution in [2.24, 2.45) is 4.99 Å². The normalized spacial score (nSPS) is 25.5. The van der Waals surface area contributed by atoms with Gasteiger partial charge < -0.3 is 4.74 Å². The van der Waals surface area contributed by atoms with Crippen LogP contribution in [0, 0.1) is 0 Å². The number of nitrogens with zero attached hydrogens (tertiary/aromatic N) is 2. The number of fused-ring (bicyclic) bond motifs is 1. The highest BCUT2D eigenvalue weighted by Gasteiger charge is 2.59. The standard InChI is InChI=1S/C23H23N2O.C2H6/c1-22(2)21-12-16-13-24-14-23(21,20-7-5-4-6-19(16)20)15-25(22)17-8-10-18(26-3)11-9-17;1-2/h4-12,14-16H,13H2,1-3H3;1-2H3/q+1;/t16?,23-;/m0./s1. The maximum Gasteiger partial charge on any atom is 0.205 e. The molecule has 1 spiro atoms. The van der Waals surface area contributed by atoms with Crippen LogP contribution in [0.1, 0.15) is 44.7 Å². The SMILES string of the molecule is CC.COc1ccc([N+]2=C[C@]34C=NCC(C=C3C2(C)C)c2ccccc24)cc1. The Hall–Kier alpha value is -2.68. The fourth-order valence-corrected chi connectivity index (χ4v) is 4.89. The Morgan fingerprint density at radius 2 is 1.75 bits per heavy atom. The van der Waals surface area contributed by atoms with Gasteiger partial charge in [0.15, 0.2) is 11.8 Å². The molecule has 144 valence electrons. The maximum absolute atomic E-state index is 5.33. The first kappa shape index (κ1) is 18.7. The molecule has 2 aromatic rings. The summed E-state index contributed by atoms with van der Waals surface area (Å²) >= 11 is 0. The molecule has 6 rings (SSSR count). The fraction of sp³-hybridized carbons (Fsp3) is 0.360. The predicted octanol–water partition coefficient (Wildman–Crippen LogP) is 5.27. The Labute approximate surface area is 168 Å². The second-order valence-electron chi connectivity index (χ2n) is 7.89. The van der Waals surface area contributed by atoms with Crippen molar-refractivity contribution in [3.05, 3.63) is 71.3 Å². The van der Waals surface area contributed by atoms with Crippen LogP contribution >= 0.6 is 0 Å². The van der Waals surface area contributed by atoms with Gasteiger partial charge in [0.25, 0.3) is 0 Å². The van der Waals surface area contributed by atoms with Crippen molar-refractivity contribution in [1.82, 2.24) is 0 Å². The zero-order valence-corrected chi connectivity index (χ0v) is 17.4. The van der Waals surface area contributed by atoms with Crippen LogP contribution in [-0.2, 0) is 5.41 Å². The molecule has 2 bridgehead atoms. The third kappa shape index (κ3) is 2.49. The van der Waals surface area contributed by atoms with E-state index in [0.29, 0.717) is 5.92 Å². The van der Waals surface area contributed by atoms with E-state index >= 15 is 0 Å². The van der Waals surface area contributed by atoms with E-state index in [0.717, 1.165) is 12.3 Å². The van der Waals surface area contributed by atoms with E-state index in [-0.39, 0.29) is 11.0 Å². The van der Waals surface area contributed by atoms with Gasteiger partial charge in [-0.3, -0.25) is 4.99 Å². The quantitative estimate of drug-likeness (QED) is 0.519. The first-order valence-electron chi connectivity index (χ1n) is 10.2. The molecule has 3 heterocycles. The molecule has 0 amide bonds. The second-order valence-corrected chi connectivity index (χ2v) is 7.89. The van der Waals surface area contributed by atoms with Crippen LogP contribution in [-0.4, -0.2) is 36.2 Å². The molecule has 0 fully saturated rings. The van der Waals surface area contributed by atoms with Crippen molar-refractivity contribution in [2.75, 3.05) is 13.7 Å². The van der Waals surface area contributed by atoms with Crippen molar-refractivity contribution < 1.29 is 9.31 Å². The number of hydrogen-bond acceptors (Lipinski definition) is 2. The molecule has 0 radical (unpaired) electrons. The number of methoxy groups -OCH3 is 1. The Morgan fingerprint density at radius 3 is 2.46 bits per heavy atom. The third-order valence-corrected chi connectivity index (χ3v) is 6.16. The van der Waals surface area contributed by atoms with Crippen molar-refractivity contribution in [3.8, 4) is 5.75 Å². The molecule has 0 N–H and O–H groups in total. The average molecular weight is 374 g/mol. The molecular weight excluding hydrogens is 344 g/mol. The number of rotatable bonds is 2. The van der Waals surface area contributed by atoms with E-state index in [1.807, 2.05) is 26.0 Å². The van der Waals surface area contributed by atoms with Gasteiger partial charge in [-0.2, -0.15) is 4.58 Å². The Kier molecular flexibility index (Phi) is 4.49. The second kappa shape index (κ2) is 6.73. The van der Waals surface area contributed by atoms with E-state index in [9.17, 15) is 0 Å². The predicted molar refractivity (Wildman–Crippen MR) is 117 cm³/mol. The highest BCUT2D eigenvalue weighted by atomic mass is 16.5. The summed E-state index contributed by atoms with van der Waals surface area (Å²) in [4.78, 5) is 4.81. The molecule has 1 aliphatic carbocycles. The summed E-state index contributed by atoms with van der Waals surface area (Å²) in [5.74, 6) is 1.25. The summed E-state index contributed by atoms with van der Waals surface area (Å²) in [5, 5.41) is 0. The number of ether oxygens (including phenoxy) is 1. The van der Waals surface area contributed by atoms with Crippen molar-refractivity contribution in [2.45, 2.75) is 44.6 Å². The van der Waals surface area contributed by atoms with Gasteiger partial charge in [-0.25, -0.2) is 0 Å². The molecule has 3 aliphatic heterocycles. The molecule has 3 nitrogen and oxygen atoms in total. The molecule has 4 aliphatic rings. The summed E-state index contributed by atoms with van der Waals surface area (Å²) < 4.78 is 7.73. The lowest BCUT2D eigenvalue weighted by atomic mass is 9.65. The van der Waals surface area contributed by atoms with E-state index < -0.39 is 0 Å². The van der Waals surface area contributed by atoms with Crippen LogP contribution < -0.4 is 4.74 Å². The van der Waals surface area contributed by atoms with Gasteiger partial charge in [0, 0.05) is 50.2 Å². The first-order valence-corrected chi connectivity index (χ1v) is 10.2. The maximum atomic E-state index is 5.33. The van der Waals surface area contributed by atoms with Crippen LogP contribution in [0.4, 0.5) is 5.69 Å². The molecule has 0 saturated carbocycles. The number of aliphatic imine (C=N–C) groups is 1. The Balaban J connectivity index is 0.000000932. The minimum atomic E-state index is -0.243. The topological polar surface area (TPSA) is 24.6 Å². The van der Waals surface area contributed by atoms with E-state index in [2.05, 4.69) is 73.3 Å². The van der Waals surface area contributed by atoms with Gasteiger partial charge in [0.1, 0.15) is 11.2 Å². The molecular formula is C25H29N2O+. The largest absolute Gasteiger partial charge is 0.497 e. The molecule has 0 saturated heterocycles. The van der Waals surface area contributed by atoms with Gasteiger partial charge in [0.05, 0.1) is 7.11 Å². The number of benzene rings is 2. The van der Waals surface area contributed by atoms with E-state index in [1.165, 1.54) is 22.4 Å². The third-order valence-electron chi connectivity index (χ3n) is 6.16. The van der Waals surface area contributed by atoms with Crippen LogP contribution in [0.2, 0.25) is 0 Å². The lowest BCUT2D eigenvalue weighted by Gasteiger charge is -2.32. The lowest BCUT2D eigenvalue weighted by Crippen LogP contribution is -2.39. The Morgan fingerprint density at radius 1 is 1.04 bits per heavy atom. The van der Waals surface area contributed by atoms with Crippen molar-refractivity contribution >= 4 is 18.1 Å². The number of hydrogen-bond donors (Lipinski definition) is 0. The minimum absolute atomic E-state index is 0.114. The smallest absolute Gasteiger partial charge is 0.205 e. The molecule has 28 heavy (non-hydrogen) atoms. The van der Waals surface area contributed by atoms with Crippen LogP contribution in [0.5, 0.6) is 5.75 Å². The molecule has 0 aromatic heterocycles. The summed E-state index contributed by atoms with van der Waals surface area (Å²) in [5.41, 5.74) is 5.05. The molecule has 2 aromatic carbocycles. The van der Waals surface area contributed by atoms with Gasteiger partial charge in [-0.15, -0.1) is 0 Å². The summed E-state index contributed by atoms with van der Waals surface area (Å²) in [6, 6.07) is 17.2. The van der Waals surface area contributed by atoms with Gasteiger partial charge >= 0.3 is 0 Å². The van der Waals surface area contributed by atoms with Gasteiger partial charge in [0.2, 0.25) is 5.69 Å². The Bertz CT molecular complexity index is 982. The lowest BCUT2D eigenvalue weighted by molar-refractivity contribution is -0.501. The summed E-state index contributed by atoms with van der Waals surface area (Å²) in [6.45, 7) is 9.46. The zero-order valence-electron chi connectivity index (χ0n) is 17.4. The van der Waals surface area contributed by atoms with Crippen LogP contribution in [0.15, 0.2) is 65.2 Å². The molecule has 3 heteroatoms. The highest BCUT2D eigenvalue weighted by molar-refractivity contribution is 6.03. The van der Waals surface area contributed by atoms with E-state index in [4.69, 9.17) is 9.73 Å². The fourth-order valence-electron chi connectivity index (χ4n) is 4.89.